The monoisotopic (exact) mass is 329 g/mol. The van der Waals surface area contributed by atoms with Gasteiger partial charge >= 0.3 is 0 Å². The molecule has 3 rings (SSSR count). The molecule has 3 aromatic rings. The largest absolute Gasteiger partial charge is 0.497 e. The average molecular weight is 330 g/mol. The van der Waals surface area contributed by atoms with Gasteiger partial charge in [-0.05, 0) is 42.8 Å². The van der Waals surface area contributed by atoms with Gasteiger partial charge in [0.15, 0.2) is 0 Å². The third kappa shape index (κ3) is 3.63. The molecule has 0 saturated heterocycles. The first-order valence-electron chi connectivity index (χ1n) is 7.12. The van der Waals surface area contributed by atoms with E-state index in [2.05, 4.69) is 15.5 Å². The van der Waals surface area contributed by atoms with Crippen LogP contribution in [0, 0.1) is 6.92 Å². The maximum absolute atomic E-state index is 6.11. The van der Waals surface area contributed by atoms with Crippen molar-refractivity contribution in [3.8, 4) is 17.2 Å². The molecule has 1 aromatic heterocycles. The van der Waals surface area contributed by atoms with E-state index < -0.39 is 0 Å². The van der Waals surface area contributed by atoms with Gasteiger partial charge < -0.3 is 14.5 Å². The molecule has 1 heterocycles. The summed E-state index contributed by atoms with van der Waals surface area (Å²) in [7, 11) is 1.62. The Bertz CT molecular complexity index is 817. The number of nitrogens with one attached hydrogen (secondary N) is 1. The van der Waals surface area contributed by atoms with Gasteiger partial charge in [-0.15, -0.1) is 10.2 Å². The Morgan fingerprint density at radius 1 is 1.17 bits per heavy atom. The molecule has 1 N–H and O–H groups in total. The van der Waals surface area contributed by atoms with E-state index in [1.165, 1.54) is 0 Å². The predicted octanol–water partition coefficient (Wildman–Crippen LogP) is 4.32. The highest BCUT2D eigenvalue weighted by Gasteiger charge is 2.09. The lowest BCUT2D eigenvalue weighted by Gasteiger charge is -2.05. The first kappa shape index (κ1) is 15.4. The van der Waals surface area contributed by atoms with E-state index in [0.29, 0.717) is 18.3 Å². The van der Waals surface area contributed by atoms with Crippen molar-refractivity contribution >= 4 is 17.3 Å². The van der Waals surface area contributed by atoms with Crippen molar-refractivity contribution in [3.63, 3.8) is 0 Å². The summed E-state index contributed by atoms with van der Waals surface area (Å²) in [5.74, 6) is 1.71. The summed E-state index contributed by atoms with van der Waals surface area (Å²) in [6.45, 7) is 2.39. The molecule has 0 radical (unpaired) electrons. The van der Waals surface area contributed by atoms with Crippen LogP contribution in [0.3, 0.4) is 0 Å². The third-order valence-electron chi connectivity index (χ3n) is 3.40. The highest BCUT2D eigenvalue weighted by Crippen LogP contribution is 2.23. The molecule has 0 saturated carbocycles. The Morgan fingerprint density at radius 2 is 2.04 bits per heavy atom. The molecular weight excluding hydrogens is 314 g/mol. The van der Waals surface area contributed by atoms with E-state index in [4.69, 9.17) is 20.8 Å². The molecule has 2 aromatic carbocycles. The SMILES string of the molecule is COc1cccc(-c2nnc(CNc3ccc(C)c(Cl)c3)o2)c1. The fraction of sp³-hybridized carbons (Fsp3) is 0.176. The number of hydrogen-bond donors (Lipinski definition) is 1. The van der Waals surface area contributed by atoms with Crippen LogP contribution in [0.2, 0.25) is 5.02 Å². The number of aromatic nitrogens is 2. The zero-order valence-corrected chi connectivity index (χ0v) is 13.6. The van der Waals surface area contributed by atoms with Gasteiger partial charge in [0.25, 0.3) is 0 Å². The Hall–Kier alpha value is -2.53. The van der Waals surface area contributed by atoms with Crippen LogP contribution in [-0.2, 0) is 6.54 Å². The van der Waals surface area contributed by atoms with Gasteiger partial charge in [0.2, 0.25) is 11.8 Å². The zero-order chi connectivity index (χ0) is 16.2. The number of halogens is 1. The summed E-state index contributed by atoms with van der Waals surface area (Å²) >= 11 is 6.11. The van der Waals surface area contributed by atoms with Crippen LogP contribution in [0.1, 0.15) is 11.5 Å². The number of benzene rings is 2. The molecule has 0 bridgehead atoms. The van der Waals surface area contributed by atoms with Gasteiger partial charge in [-0.3, -0.25) is 0 Å². The molecule has 0 fully saturated rings. The van der Waals surface area contributed by atoms with Crippen LogP contribution in [0.15, 0.2) is 46.9 Å². The molecule has 23 heavy (non-hydrogen) atoms. The number of hydrogen-bond acceptors (Lipinski definition) is 5. The van der Waals surface area contributed by atoms with Gasteiger partial charge in [-0.2, -0.15) is 0 Å². The molecule has 0 atom stereocenters. The van der Waals surface area contributed by atoms with Crippen LogP contribution < -0.4 is 10.1 Å². The van der Waals surface area contributed by atoms with Crippen molar-refractivity contribution in [1.29, 1.82) is 0 Å². The second-order valence-electron chi connectivity index (χ2n) is 5.05. The van der Waals surface area contributed by atoms with Crippen LogP contribution >= 0.6 is 11.6 Å². The van der Waals surface area contributed by atoms with Crippen molar-refractivity contribution in [2.45, 2.75) is 13.5 Å². The Balaban J connectivity index is 1.70. The molecule has 0 unspecified atom stereocenters. The number of methoxy groups -OCH3 is 1. The third-order valence-corrected chi connectivity index (χ3v) is 3.81. The quantitative estimate of drug-likeness (QED) is 0.755. The van der Waals surface area contributed by atoms with E-state index in [0.717, 1.165) is 27.6 Å². The van der Waals surface area contributed by atoms with Gasteiger partial charge in [0.1, 0.15) is 5.75 Å². The topological polar surface area (TPSA) is 60.2 Å². The fourth-order valence-corrected chi connectivity index (χ4v) is 2.26. The minimum absolute atomic E-state index is 0.427. The summed E-state index contributed by atoms with van der Waals surface area (Å²) in [6, 6.07) is 13.3. The van der Waals surface area contributed by atoms with E-state index >= 15 is 0 Å². The van der Waals surface area contributed by atoms with Crippen LogP contribution in [0.25, 0.3) is 11.5 Å². The minimum atomic E-state index is 0.427. The lowest BCUT2D eigenvalue weighted by Crippen LogP contribution is -1.99. The van der Waals surface area contributed by atoms with Crippen LogP contribution in [0.4, 0.5) is 5.69 Å². The number of nitrogens with zero attached hydrogens (tertiary/aromatic N) is 2. The van der Waals surface area contributed by atoms with E-state index in [1.807, 2.05) is 49.4 Å². The summed E-state index contributed by atoms with van der Waals surface area (Å²) < 4.78 is 10.9. The molecule has 5 nitrogen and oxygen atoms in total. The highest BCUT2D eigenvalue weighted by molar-refractivity contribution is 6.31. The lowest BCUT2D eigenvalue weighted by molar-refractivity contribution is 0.414. The van der Waals surface area contributed by atoms with Crippen molar-refractivity contribution in [3.05, 3.63) is 58.9 Å². The second-order valence-corrected chi connectivity index (χ2v) is 5.46. The van der Waals surface area contributed by atoms with Crippen molar-refractivity contribution in [2.24, 2.45) is 0 Å². The summed E-state index contributed by atoms with van der Waals surface area (Å²) in [5, 5.41) is 12.0. The normalized spacial score (nSPS) is 10.6. The van der Waals surface area contributed by atoms with Gasteiger partial charge in [-0.25, -0.2) is 0 Å². The lowest BCUT2D eigenvalue weighted by atomic mass is 10.2. The number of ether oxygens (including phenoxy) is 1. The predicted molar refractivity (Wildman–Crippen MR) is 89.8 cm³/mol. The van der Waals surface area contributed by atoms with E-state index in [9.17, 15) is 0 Å². The van der Waals surface area contributed by atoms with E-state index in [-0.39, 0.29) is 0 Å². The molecule has 6 heteroatoms. The van der Waals surface area contributed by atoms with E-state index in [1.54, 1.807) is 7.11 Å². The molecule has 0 aliphatic carbocycles. The van der Waals surface area contributed by atoms with Gasteiger partial charge in [-0.1, -0.05) is 23.7 Å². The standard InChI is InChI=1S/C17H16ClN3O2/c1-11-6-7-13(9-15(11)18)19-10-16-20-21-17(23-16)12-4-3-5-14(8-12)22-2/h3-9,19H,10H2,1-2H3. The minimum Gasteiger partial charge on any atom is -0.497 e. The first-order valence-corrected chi connectivity index (χ1v) is 7.50. The second kappa shape index (κ2) is 6.71. The number of anilines is 1. The summed E-state index contributed by atoms with van der Waals surface area (Å²) in [4.78, 5) is 0. The van der Waals surface area contributed by atoms with Gasteiger partial charge in [0, 0.05) is 16.3 Å². The Morgan fingerprint density at radius 3 is 2.83 bits per heavy atom. The maximum Gasteiger partial charge on any atom is 0.247 e. The number of rotatable bonds is 5. The zero-order valence-electron chi connectivity index (χ0n) is 12.8. The molecule has 0 amide bonds. The average Bonchev–Trinajstić information content (AvgIpc) is 3.05. The first-order chi connectivity index (χ1) is 11.2. The van der Waals surface area contributed by atoms with Gasteiger partial charge in [0.05, 0.1) is 13.7 Å². The number of aryl methyl sites for hydroxylation is 1. The van der Waals surface area contributed by atoms with Crippen molar-refractivity contribution < 1.29 is 9.15 Å². The Kier molecular flexibility index (Phi) is 4.48. The Labute approximate surface area is 139 Å². The van der Waals surface area contributed by atoms with Crippen molar-refractivity contribution in [1.82, 2.24) is 10.2 Å². The molecule has 0 aliphatic rings. The maximum atomic E-state index is 6.11. The molecule has 0 aliphatic heterocycles. The summed E-state index contributed by atoms with van der Waals surface area (Å²) in [6.07, 6.45) is 0. The van der Waals surface area contributed by atoms with Crippen molar-refractivity contribution in [2.75, 3.05) is 12.4 Å². The summed E-state index contributed by atoms with van der Waals surface area (Å²) in [5.41, 5.74) is 2.76. The molecule has 118 valence electrons. The molecular formula is C17H16ClN3O2. The highest BCUT2D eigenvalue weighted by atomic mass is 35.5. The smallest absolute Gasteiger partial charge is 0.247 e. The van der Waals surface area contributed by atoms with Crippen LogP contribution in [-0.4, -0.2) is 17.3 Å². The fourth-order valence-electron chi connectivity index (χ4n) is 2.08. The molecule has 0 spiro atoms. The van der Waals surface area contributed by atoms with Crippen LogP contribution in [0.5, 0.6) is 5.75 Å².